The van der Waals surface area contributed by atoms with Gasteiger partial charge < -0.3 is 145 Å². The molecule has 42 heteroatoms. The maximum absolute atomic E-state index is 14.9. The Balaban J connectivity index is 2.03. The Morgan fingerprint density at radius 2 is 0.452 bits per heavy atom. The summed E-state index contributed by atoms with van der Waals surface area (Å²) in [6, 6.07) is 7.80. The highest BCUT2D eigenvalue weighted by Crippen LogP contribution is 2.40. The molecule has 6 amide bonds. The number of carbonyl (C=O) groups is 6. The number of phenols is 3. The quantitative estimate of drug-likeness (QED) is 0.0118. The monoisotopic (exact) mass is 1920 g/mol. The number of nitrogens with zero attached hydrogens (tertiary/aromatic N) is 3. The van der Waals surface area contributed by atoms with Gasteiger partial charge in [0.05, 0.1) is 264 Å². The van der Waals surface area contributed by atoms with Crippen LogP contribution in [-0.2, 0) is 85.3 Å². The van der Waals surface area contributed by atoms with Gasteiger partial charge >= 0.3 is 0 Å². The van der Waals surface area contributed by atoms with Gasteiger partial charge in [0.2, 0.25) is 0 Å². The lowest BCUT2D eigenvalue weighted by molar-refractivity contribution is -0.0154. The summed E-state index contributed by atoms with van der Waals surface area (Å²) >= 11 is 0. The number of hydrogen-bond acceptors (Lipinski definition) is 36. The molecule has 0 aliphatic heterocycles. The molecule has 0 unspecified atom stereocenters. The molecule has 135 heavy (non-hydrogen) atoms. The number of phenolic OH excluding ortho intramolecular Hbond substituents is 3. The summed E-state index contributed by atoms with van der Waals surface area (Å²) in [7, 11) is 9.34. The number of carbonyl (C=O) groups excluding carboxylic acids is 6. The van der Waals surface area contributed by atoms with E-state index >= 15 is 0 Å². The van der Waals surface area contributed by atoms with Crippen molar-refractivity contribution in [1.82, 2.24) is 32.2 Å². The van der Waals surface area contributed by atoms with E-state index in [2.05, 4.69) is 47.5 Å². The van der Waals surface area contributed by atoms with E-state index in [1.54, 1.807) is 84.2 Å². The van der Waals surface area contributed by atoms with Crippen molar-refractivity contribution in [3.05, 3.63) is 86.5 Å². The fourth-order valence-electron chi connectivity index (χ4n) is 11.5. The second-order valence-electron chi connectivity index (χ2n) is 30.3. The molecule has 9 N–H and O–H groups in total. The maximum Gasteiger partial charge on any atom is 0.275 e. The molecule has 0 aliphatic rings. The average Bonchev–Trinajstić information content (AvgIpc) is 0.720. The maximum atomic E-state index is 14.9. The highest BCUT2D eigenvalue weighted by atomic mass is 16.6. The first-order chi connectivity index (χ1) is 65.4. The minimum absolute atomic E-state index is 0.00575. The minimum atomic E-state index is -1.02. The molecule has 42 nitrogen and oxygen atoms in total. The molecule has 0 heterocycles. The summed E-state index contributed by atoms with van der Waals surface area (Å²) in [5, 5.41) is 58.3. The molecule has 4 rings (SSSR count). The minimum Gasteiger partial charge on any atom is -0.506 e. The van der Waals surface area contributed by atoms with E-state index in [0.29, 0.717) is 98.5 Å². The number of benzene rings is 4. The predicted molar refractivity (Wildman–Crippen MR) is 499 cm³/mol. The van der Waals surface area contributed by atoms with Gasteiger partial charge in [-0.3, -0.25) is 28.8 Å². The van der Waals surface area contributed by atoms with Crippen molar-refractivity contribution in [2.45, 2.75) is 137 Å². The summed E-state index contributed by atoms with van der Waals surface area (Å²) in [5.74, 6) is -8.21. The van der Waals surface area contributed by atoms with Crippen molar-refractivity contribution in [1.29, 1.82) is 0 Å². The van der Waals surface area contributed by atoms with Crippen LogP contribution in [0.3, 0.4) is 0 Å². The Morgan fingerprint density at radius 3 is 0.630 bits per heavy atom. The predicted octanol–water partition coefficient (Wildman–Crippen LogP) is 7.37. The molecule has 0 fully saturated rings. The number of nitrogens with one attached hydrogen (secondary N) is 6. The zero-order chi connectivity index (χ0) is 98.6. The molecule has 4 aromatic carbocycles. The van der Waals surface area contributed by atoms with Gasteiger partial charge in [0, 0.05) is 80.5 Å². The first kappa shape index (κ1) is 117. The van der Waals surface area contributed by atoms with Crippen molar-refractivity contribution >= 4 is 54.1 Å². The summed E-state index contributed by atoms with van der Waals surface area (Å²) in [5.41, 5.74) is 4.08. The van der Waals surface area contributed by atoms with Crippen LogP contribution in [0.15, 0.2) is 51.7 Å². The number of hydrazone groups is 3. The molecule has 0 saturated carbocycles. The Morgan fingerprint density at radius 1 is 0.274 bits per heavy atom. The lowest BCUT2D eigenvalue weighted by Crippen LogP contribution is -2.28. The third-order valence-corrected chi connectivity index (χ3v) is 19.0. The van der Waals surface area contributed by atoms with Gasteiger partial charge in [-0.15, -0.1) is 0 Å². The Labute approximate surface area is 792 Å². The van der Waals surface area contributed by atoms with Gasteiger partial charge in [-0.1, -0.05) is 40.0 Å². The topological polar surface area (TPSA) is 494 Å². The van der Waals surface area contributed by atoms with Gasteiger partial charge in [0.1, 0.15) is 91.4 Å². The standard InChI is InChI=1S/C93H147N9O33/c1-16-19-22-94-88(106)70-49-73(82(133-61-67(7)127-46-40-121-34-28-115-13)52-79(70)130-58-64(4)124-43-37-118-31-25-112-10)91(109)100-97-55-76-85(103)77(56-98-101-92(110)74-50-71(89(107)95-23-20-17-2)80(131-59-65(5)125-44-38-119-32-26-113-11)53-83(74)134-62-68(8)128-47-41-122-35-29-116-14)87(105)78(86(76)104)57-99-102-93(111)75-51-72(90(108)96-24-21-18-3)81(132-60-66(6)126-45-39-120-33-27-114-12)54-84(75)135-63-69(9)129-48-42-123-36-30-117-15/h49-57,64-69,103-105H,16-48,58-63H2,1-15H3,(H,94,106)(H,95,107)(H,96,108)(H,100,109)(H,101,110)(H,102,111)/b97-55+,98-56+,99-57+/t64-,65-,66-,67-,68-,69-/m0/s1. The van der Waals surface area contributed by atoms with E-state index in [0.717, 1.165) is 37.9 Å². The fourth-order valence-corrected chi connectivity index (χ4v) is 11.5. The van der Waals surface area contributed by atoms with Crippen LogP contribution in [0, 0.1) is 0 Å². The van der Waals surface area contributed by atoms with E-state index in [-0.39, 0.29) is 206 Å². The SMILES string of the molecule is CCCCNC(=O)c1cc(C(=O)N/N=C/c2c(O)c(/C=N/NC(=O)c3cc(C(=O)NCCCC)c(OC[C@H](C)OCCOCCOC)cc3OC[C@H](C)OCCOCCOC)c(O)c(/C=N/NC(=O)c3cc(C(=O)NCCCC)c(OC[C@H](C)OCCOCCOC)cc3OC[C@H](C)OCCOCCOC)c2O)c(OC[C@H](C)OCCOCCOC)cc1OC[C@H](C)OCCOCCOC. The lowest BCUT2D eigenvalue weighted by atomic mass is 10.0. The van der Waals surface area contributed by atoms with Gasteiger partial charge in [0.15, 0.2) is 0 Å². The van der Waals surface area contributed by atoms with Gasteiger partial charge in [-0.05, 0) is 79.0 Å². The van der Waals surface area contributed by atoms with E-state index < -0.39 is 106 Å². The molecular formula is C93H147N9O33. The number of ether oxygens (including phenoxy) is 24. The van der Waals surface area contributed by atoms with E-state index in [4.69, 9.17) is 114 Å². The van der Waals surface area contributed by atoms with Crippen LogP contribution >= 0.6 is 0 Å². The molecule has 762 valence electrons. The first-order valence-electron chi connectivity index (χ1n) is 45.5. The van der Waals surface area contributed by atoms with Gasteiger partial charge in [-0.2, -0.15) is 15.3 Å². The first-order valence-corrected chi connectivity index (χ1v) is 45.5. The number of hydrogen-bond donors (Lipinski definition) is 9. The van der Waals surface area contributed by atoms with Crippen LogP contribution in [0.4, 0.5) is 0 Å². The number of rotatable bonds is 81. The largest absolute Gasteiger partial charge is 0.506 e. The van der Waals surface area contributed by atoms with Crippen molar-refractivity contribution in [3.8, 4) is 51.7 Å². The summed E-state index contributed by atoms with van der Waals surface area (Å²) in [6.45, 7) is 23.3. The number of aromatic hydroxyl groups is 3. The molecule has 0 aliphatic carbocycles. The third-order valence-electron chi connectivity index (χ3n) is 19.0. The van der Waals surface area contributed by atoms with Crippen molar-refractivity contribution < 1.29 is 158 Å². The lowest BCUT2D eigenvalue weighted by Gasteiger charge is -2.20. The zero-order valence-corrected chi connectivity index (χ0v) is 81.2. The molecule has 4 aromatic rings. The summed E-state index contributed by atoms with van der Waals surface area (Å²) in [6.07, 6.45) is 2.93. The molecule has 0 bridgehead atoms. The second-order valence-corrected chi connectivity index (χ2v) is 30.3. The molecular weight excluding hydrogens is 1770 g/mol. The normalized spacial score (nSPS) is 12.9. The molecule has 0 saturated heterocycles. The van der Waals surface area contributed by atoms with Crippen molar-refractivity contribution in [2.75, 3.05) is 260 Å². The van der Waals surface area contributed by atoms with Crippen molar-refractivity contribution in [2.24, 2.45) is 15.3 Å². The smallest absolute Gasteiger partial charge is 0.275 e. The molecule has 0 radical (unpaired) electrons. The third kappa shape index (κ3) is 47.7. The Kier molecular flexibility index (Phi) is 63.1. The highest BCUT2D eigenvalue weighted by Gasteiger charge is 2.30. The van der Waals surface area contributed by atoms with Crippen LogP contribution in [0.25, 0.3) is 0 Å². The Hall–Kier alpha value is -9.81. The van der Waals surface area contributed by atoms with Crippen LogP contribution in [0.1, 0.15) is 180 Å². The van der Waals surface area contributed by atoms with Gasteiger partial charge in [-0.25, -0.2) is 16.3 Å². The second kappa shape index (κ2) is 72.5. The van der Waals surface area contributed by atoms with Crippen LogP contribution < -0.4 is 60.6 Å². The molecule has 0 aromatic heterocycles. The Bertz CT molecular complexity index is 3690. The molecule has 6 atom stereocenters. The fraction of sp³-hybridized carbons (Fsp3) is 0.645. The summed E-state index contributed by atoms with van der Waals surface area (Å²) in [4.78, 5) is 87.6. The number of unbranched alkanes of at least 4 members (excludes halogenated alkanes) is 3. The zero-order valence-electron chi connectivity index (χ0n) is 81.2. The number of methoxy groups -OCH3 is 6. The van der Waals surface area contributed by atoms with Crippen LogP contribution in [0.2, 0.25) is 0 Å². The van der Waals surface area contributed by atoms with E-state index in [9.17, 15) is 44.1 Å². The number of amides is 6. The van der Waals surface area contributed by atoms with E-state index in [1.165, 1.54) is 36.4 Å². The highest BCUT2D eigenvalue weighted by molar-refractivity contribution is 6.08. The summed E-state index contributed by atoms with van der Waals surface area (Å²) < 4.78 is 137. The van der Waals surface area contributed by atoms with Crippen molar-refractivity contribution in [3.63, 3.8) is 0 Å². The van der Waals surface area contributed by atoms with Crippen LogP contribution in [-0.4, -0.2) is 367 Å². The van der Waals surface area contributed by atoms with E-state index in [1.807, 2.05) is 20.8 Å². The molecule has 0 spiro atoms. The average molecular weight is 1920 g/mol. The van der Waals surface area contributed by atoms with Gasteiger partial charge in [0.25, 0.3) is 35.4 Å². The van der Waals surface area contributed by atoms with Crippen LogP contribution in [0.5, 0.6) is 51.7 Å².